The van der Waals surface area contributed by atoms with Crippen LogP contribution in [0.25, 0.3) is 20.5 Å². The summed E-state index contributed by atoms with van der Waals surface area (Å²) in [6.07, 6.45) is 0. The minimum Gasteiger partial charge on any atom is -0.508 e. The van der Waals surface area contributed by atoms with E-state index in [1.165, 1.54) is 11.3 Å². The minimum absolute atomic E-state index is 0.0677. The number of para-hydroxylation sites is 1. The number of phenolic OH excluding ortho intramolecular Hbond substituents is 2. The fraction of sp³-hybridized carbons (Fsp3) is 0.160. The van der Waals surface area contributed by atoms with Gasteiger partial charge in [0.1, 0.15) is 11.5 Å². The number of rotatable bonds is 6. The van der Waals surface area contributed by atoms with Gasteiger partial charge in [-0.2, -0.15) is 0 Å². The van der Waals surface area contributed by atoms with Crippen LogP contribution in [-0.2, 0) is 0 Å². The Labute approximate surface area is 179 Å². The molecule has 0 aliphatic carbocycles. The highest BCUT2D eigenvalue weighted by atomic mass is 32.1. The number of ketones is 1. The smallest absolute Gasteiger partial charge is 0.197 e. The van der Waals surface area contributed by atoms with Gasteiger partial charge in [-0.3, -0.25) is 4.79 Å². The van der Waals surface area contributed by atoms with E-state index in [0.29, 0.717) is 17.0 Å². The second-order valence-corrected chi connectivity index (χ2v) is 8.74. The molecule has 0 aliphatic heterocycles. The summed E-state index contributed by atoms with van der Waals surface area (Å²) in [4.78, 5) is 14.6. The van der Waals surface area contributed by atoms with Crippen molar-refractivity contribution >= 4 is 32.9 Å². The standard InChI is InChI=1S/C25H23NO3S/c1-15(2)14-26-21-6-4-3-5-19(21)24(29)23-20-12-11-18(28)13-22(20)30-25(23)16-7-9-17(27)10-8-16/h3-13,15,26-28H,14H2,1-2H3. The molecule has 3 aromatic carbocycles. The van der Waals surface area contributed by atoms with Crippen LogP contribution in [0.4, 0.5) is 5.69 Å². The molecule has 0 bridgehead atoms. The van der Waals surface area contributed by atoms with E-state index in [2.05, 4.69) is 19.2 Å². The van der Waals surface area contributed by atoms with Crippen LogP contribution in [0, 0.1) is 5.92 Å². The summed E-state index contributed by atoms with van der Waals surface area (Å²) in [6.45, 7) is 5.02. The third-order valence-corrected chi connectivity index (χ3v) is 6.10. The number of carbonyl (C=O) groups is 1. The molecule has 1 heterocycles. The number of carbonyl (C=O) groups excluding carboxylic acids is 1. The molecule has 5 heteroatoms. The Morgan fingerprint density at radius 2 is 1.67 bits per heavy atom. The Balaban J connectivity index is 1.89. The number of fused-ring (bicyclic) bond motifs is 1. The third-order valence-electron chi connectivity index (χ3n) is 4.90. The zero-order valence-electron chi connectivity index (χ0n) is 16.8. The molecule has 4 nitrogen and oxygen atoms in total. The number of hydrogen-bond donors (Lipinski definition) is 3. The molecule has 4 rings (SSSR count). The van der Waals surface area contributed by atoms with Crippen LogP contribution in [0.5, 0.6) is 11.5 Å². The second-order valence-electron chi connectivity index (χ2n) is 7.68. The Morgan fingerprint density at radius 3 is 2.40 bits per heavy atom. The average Bonchev–Trinajstić information content (AvgIpc) is 3.11. The molecule has 0 fully saturated rings. The number of benzene rings is 3. The van der Waals surface area contributed by atoms with Gasteiger partial charge in [0.25, 0.3) is 0 Å². The van der Waals surface area contributed by atoms with Crippen molar-refractivity contribution in [2.24, 2.45) is 5.92 Å². The predicted octanol–water partition coefficient (Wildman–Crippen LogP) is 6.28. The van der Waals surface area contributed by atoms with Crippen molar-refractivity contribution in [1.29, 1.82) is 0 Å². The zero-order valence-corrected chi connectivity index (χ0v) is 17.7. The van der Waals surface area contributed by atoms with E-state index in [4.69, 9.17) is 0 Å². The first-order valence-corrected chi connectivity index (χ1v) is 10.7. The summed E-state index contributed by atoms with van der Waals surface area (Å²) in [5.41, 5.74) is 2.89. The predicted molar refractivity (Wildman–Crippen MR) is 124 cm³/mol. The largest absolute Gasteiger partial charge is 0.508 e. The molecule has 4 aromatic rings. The van der Waals surface area contributed by atoms with Crippen LogP contribution in [0.1, 0.15) is 29.8 Å². The first-order chi connectivity index (χ1) is 14.4. The molecular weight excluding hydrogens is 394 g/mol. The number of thiophene rings is 1. The van der Waals surface area contributed by atoms with E-state index < -0.39 is 0 Å². The minimum atomic E-state index is -0.0677. The monoisotopic (exact) mass is 417 g/mol. The second kappa shape index (κ2) is 8.20. The van der Waals surface area contributed by atoms with Gasteiger partial charge in [-0.05, 0) is 66.1 Å². The van der Waals surface area contributed by atoms with Crippen molar-refractivity contribution in [3.05, 3.63) is 77.9 Å². The molecule has 0 unspecified atom stereocenters. The molecule has 152 valence electrons. The van der Waals surface area contributed by atoms with Crippen molar-refractivity contribution in [2.75, 3.05) is 11.9 Å². The first kappa shape index (κ1) is 20.0. The van der Waals surface area contributed by atoms with E-state index in [9.17, 15) is 15.0 Å². The number of nitrogens with one attached hydrogen (secondary N) is 1. The van der Waals surface area contributed by atoms with Crippen molar-refractivity contribution in [1.82, 2.24) is 0 Å². The lowest BCUT2D eigenvalue weighted by Crippen LogP contribution is -2.12. The zero-order chi connectivity index (χ0) is 21.3. The Morgan fingerprint density at radius 1 is 0.967 bits per heavy atom. The highest BCUT2D eigenvalue weighted by Crippen LogP contribution is 2.42. The first-order valence-electron chi connectivity index (χ1n) is 9.86. The van der Waals surface area contributed by atoms with Gasteiger partial charge in [0.2, 0.25) is 0 Å². The van der Waals surface area contributed by atoms with Gasteiger partial charge in [0.15, 0.2) is 5.78 Å². The molecule has 0 atom stereocenters. The van der Waals surface area contributed by atoms with Crippen LogP contribution in [0.3, 0.4) is 0 Å². The lowest BCUT2D eigenvalue weighted by Gasteiger charge is -2.14. The maximum atomic E-state index is 13.8. The Kier molecular flexibility index (Phi) is 5.46. The van der Waals surface area contributed by atoms with Crippen molar-refractivity contribution in [2.45, 2.75) is 13.8 Å². The SMILES string of the molecule is CC(C)CNc1ccccc1C(=O)c1c(-c2ccc(O)cc2)sc2cc(O)ccc12. The van der Waals surface area contributed by atoms with Crippen molar-refractivity contribution in [3.63, 3.8) is 0 Å². The van der Waals surface area contributed by atoms with E-state index in [1.54, 1.807) is 42.5 Å². The molecule has 1 aromatic heterocycles. The fourth-order valence-corrected chi connectivity index (χ4v) is 4.65. The Hall–Kier alpha value is -3.31. The third kappa shape index (κ3) is 3.89. The maximum Gasteiger partial charge on any atom is 0.197 e. The van der Waals surface area contributed by atoms with Gasteiger partial charge in [-0.15, -0.1) is 11.3 Å². The van der Waals surface area contributed by atoms with Crippen LogP contribution >= 0.6 is 11.3 Å². The number of aromatic hydroxyl groups is 2. The maximum absolute atomic E-state index is 13.8. The van der Waals surface area contributed by atoms with Crippen LogP contribution in [-0.4, -0.2) is 22.5 Å². The van der Waals surface area contributed by atoms with E-state index in [0.717, 1.165) is 32.8 Å². The van der Waals surface area contributed by atoms with Crippen LogP contribution in [0.2, 0.25) is 0 Å². The normalized spacial score (nSPS) is 11.2. The molecule has 0 saturated heterocycles. The summed E-state index contributed by atoms with van der Waals surface area (Å²) in [5.74, 6) is 0.722. The van der Waals surface area contributed by atoms with Gasteiger partial charge >= 0.3 is 0 Å². The summed E-state index contributed by atoms with van der Waals surface area (Å²) in [6, 6.07) is 19.5. The van der Waals surface area contributed by atoms with Crippen molar-refractivity contribution in [3.8, 4) is 21.9 Å². The van der Waals surface area contributed by atoms with Gasteiger partial charge in [-0.1, -0.05) is 26.0 Å². The van der Waals surface area contributed by atoms with Gasteiger partial charge in [0.05, 0.1) is 0 Å². The number of phenols is 2. The van der Waals surface area contributed by atoms with Gasteiger partial charge < -0.3 is 15.5 Å². The molecule has 3 N–H and O–H groups in total. The van der Waals surface area contributed by atoms with Gasteiger partial charge in [0, 0.05) is 38.3 Å². The number of hydrogen-bond acceptors (Lipinski definition) is 5. The van der Waals surface area contributed by atoms with Gasteiger partial charge in [-0.25, -0.2) is 0 Å². The molecule has 0 aliphatic rings. The van der Waals surface area contributed by atoms with E-state index >= 15 is 0 Å². The Bertz CT molecular complexity index is 1210. The highest BCUT2D eigenvalue weighted by molar-refractivity contribution is 7.22. The van der Waals surface area contributed by atoms with E-state index in [1.807, 2.05) is 24.3 Å². The lowest BCUT2D eigenvalue weighted by atomic mass is 9.96. The molecule has 0 radical (unpaired) electrons. The van der Waals surface area contributed by atoms with Crippen LogP contribution in [0.15, 0.2) is 66.7 Å². The molecule has 0 spiro atoms. The van der Waals surface area contributed by atoms with Crippen molar-refractivity contribution < 1.29 is 15.0 Å². The van der Waals surface area contributed by atoms with E-state index in [-0.39, 0.29) is 17.3 Å². The molecule has 30 heavy (non-hydrogen) atoms. The summed E-state index contributed by atoms with van der Waals surface area (Å²) < 4.78 is 0.842. The van der Waals surface area contributed by atoms with Crippen LogP contribution < -0.4 is 5.32 Å². The summed E-state index contributed by atoms with van der Waals surface area (Å²) in [7, 11) is 0. The molecular formula is C25H23NO3S. The fourth-order valence-electron chi connectivity index (χ4n) is 3.41. The number of anilines is 1. The quantitative estimate of drug-likeness (QED) is 0.323. The molecule has 0 saturated carbocycles. The highest BCUT2D eigenvalue weighted by Gasteiger charge is 2.23. The lowest BCUT2D eigenvalue weighted by molar-refractivity contribution is 0.104. The summed E-state index contributed by atoms with van der Waals surface area (Å²) in [5, 5.41) is 23.8. The summed E-state index contributed by atoms with van der Waals surface area (Å²) >= 11 is 1.46. The average molecular weight is 418 g/mol. The molecule has 0 amide bonds. The topological polar surface area (TPSA) is 69.6 Å².